The van der Waals surface area contributed by atoms with Gasteiger partial charge >= 0.3 is 12.1 Å². The zero-order chi connectivity index (χ0) is 91.0. The second-order valence-electron chi connectivity index (χ2n) is 29.5. The van der Waals surface area contributed by atoms with E-state index in [1.54, 1.807) is 149 Å². The second kappa shape index (κ2) is 44.2. The molecule has 127 heavy (non-hydrogen) atoms. The third-order valence-corrected chi connectivity index (χ3v) is 21.4. The summed E-state index contributed by atoms with van der Waals surface area (Å²) in [6.45, 7) is 8.86. The number of ether oxygens (including phenoxy) is 6. The zero-order valence-corrected chi connectivity index (χ0v) is 73.4. The molecular formula is C95H99Cl2FN14O15. The van der Waals surface area contributed by atoms with Gasteiger partial charge in [0.2, 0.25) is 23.6 Å². The van der Waals surface area contributed by atoms with Crippen molar-refractivity contribution in [2.45, 2.75) is 78.6 Å². The average Bonchev–Trinajstić information content (AvgIpc) is 1.17. The monoisotopic (exact) mass is 1760 g/mol. The molecule has 0 saturated heterocycles. The van der Waals surface area contributed by atoms with E-state index in [9.17, 15) is 48.5 Å². The fourth-order valence-corrected chi connectivity index (χ4v) is 14.4. The summed E-state index contributed by atoms with van der Waals surface area (Å²) in [6, 6.07) is 57.2. The highest BCUT2D eigenvalue weighted by atomic mass is 35.5. The normalized spacial score (nSPS) is 13.5. The number of nitrogens with one attached hydrogen (secondary N) is 3. The van der Waals surface area contributed by atoms with Crippen LogP contribution in [0.3, 0.4) is 0 Å². The van der Waals surface area contributed by atoms with Crippen molar-refractivity contribution < 1.29 is 76.9 Å². The molecule has 0 radical (unpaired) electrons. The van der Waals surface area contributed by atoms with Crippen LogP contribution in [0, 0.1) is 26.6 Å². The molecule has 0 atom stereocenters. The Bertz CT molecular complexity index is 5640. The number of hydrogen-bond donors (Lipinski definition) is 7. The highest BCUT2D eigenvalue weighted by Gasteiger charge is 2.29. The van der Waals surface area contributed by atoms with Crippen molar-refractivity contribution in [1.82, 2.24) is 30.4 Å². The third kappa shape index (κ3) is 25.4. The molecule has 0 spiro atoms. The molecule has 8 amide bonds. The van der Waals surface area contributed by atoms with E-state index in [1.807, 2.05) is 60.7 Å². The number of nitrogens with zero attached hydrogens (tertiary/aromatic N) is 10. The van der Waals surface area contributed by atoms with Gasteiger partial charge in [-0.2, -0.15) is 25.5 Å². The Morgan fingerprint density at radius 2 is 0.732 bits per heavy atom. The average molecular weight is 1770 g/mol. The first-order valence-corrected chi connectivity index (χ1v) is 41.2. The molecular weight excluding hydrogens is 1670 g/mol. The fraction of sp³-hybridized carbons (Fsp3) is 0.253. The van der Waals surface area contributed by atoms with Crippen molar-refractivity contribution in [1.29, 1.82) is 0 Å². The Hall–Kier alpha value is -14.5. The molecule has 10 aromatic rings. The molecule has 10 aromatic carbocycles. The van der Waals surface area contributed by atoms with Crippen molar-refractivity contribution in [2.75, 3.05) is 98.8 Å². The van der Waals surface area contributed by atoms with Crippen LogP contribution in [0.15, 0.2) is 226 Å². The Balaban J connectivity index is 0.000000154. The first kappa shape index (κ1) is 93.2. The lowest BCUT2D eigenvalue weighted by molar-refractivity contribution is -0.130. The molecule has 660 valence electrons. The van der Waals surface area contributed by atoms with Gasteiger partial charge in [0, 0.05) is 73.4 Å². The zero-order valence-electron chi connectivity index (χ0n) is 71.9. The van der Waals surface area contributed by atoms with Crippen molar-refractivity contribution in [3.05, 3.63) is 283 Å². The number of aromatic hydroxyl groups is 3. The number of carbonyl (C=O) groups excluding carboxylic acids is 6. The number of nitrogens with two attached hydrogens (primary N) is 1. The van der Waals surface area contributed by atoms with E-state index < -0.39 is 5.82 Å². The van der Waals surface area contributed by atoms with Crippen molar-refractivity contribution in [2.24, 2.45) is 25.5 Å². The van der Waals surface area contributed by atoms with Crippen LogP contribution in [0.2, 0.25) is 10.0 Å². The lowest BCUT2D eigenvalue weighted by Crippen LogP contribution is -2.28. The summed E-state index contributed by atoms with van der Waals surface area (Å²) in [6.07, 6.45) is 4.24. The van der Waals surface area contributed by atoms with Gasteiger partial charge in [-0.25, -0.2) is 39.0 Å². The Morgan fingerprint density at radius 1 is 0.386 bits per heavy atom. The molecule has 0 fully saturated rings. The molecule has 0 bridgehead atoms. The maximum Gasteiger partial charge on any atom is 0.342 e. The van der Waals surface area contributed by atoms with Gasteiger partial charge < -0.3 is 65.4 Å². The standard InChI is InChI=1S/C21H23ClN4O4.C20H22N2O2.C19H21N3O3.C18H19N3O4.C17H14ClFN2O2/c1-23-21(28)24-15-6-4-13(5-7-15)17-8-9-26(25-17)20(27)11-14-10-18(29-2)19(30-3)12-16(14)22;1-13-10-14(2)18(15(3)11-13)12-20(24)22-9-8-19(21-22)16-4-6-17(23)7-5-16;1-24-17-8-3-13(11-18(17)25-2)12-19(23)22-10-9-16(21-22)14-4-6-15(20)7-5-14;1-24-16-8-5-13(11-17(16)25-2)19-18(23)21-10-9-15(20-21)12-3-6-14(22)7-4-12;18-14-6-1-11(9-15(14)19)10-17(23)21-8-7-16(20-21)12-2-4-13(22)5-3-12/h4-7,10,12H,8-9,11H2,1-3H3,(H2,23,24,28);4-7,10-11,23H,8-9,12H2,1-3H3;3-8,11H,9-10,12,20H2,1-2H3;3-8,11,22H,9-10H2,1-2H3,(H,19,23);1-6,9,22H,7-8,10H2. The van der Waals surface area contributed by atoms with Crippen LogP contribution in [-0.2, 0) is 44.9 Å². The van der Waals surface area contributed by atoms with Crippen LogP contribution < -0.4 is 50.1 Å². The number of halogens is 3. The van der Waals surface area contributed by atoms with Crippen LogP contribution in [-0.4, -0.2) is 187 Å². The van der Waals surface area contributed by atoms with Crippen molar-refractivity contribution >= 4 is 105 Å². The molecule has 29 nitrogen and oxygen atoms in total. The minimum absolute atomic E-state index is 0.0267. The first-order chi connectivity index (χ1) is 61.1. The van der Waals surface area contributed by atoms with Gasteiger partial charge in [-0.3, -0.25) is 19.2 Å². The third-order valence-electron chi connectivity index (χ3n) is 20.8. The summed E-state index contributed by atoms with van der Waals surface area (Å²) in [4.78, 5) is 73.9. The summed E-state index contributed by atoms with van der Waals surface area (Å²) < 4.78 is 44.8. The van der Waals surface area contributed by atoms with E-state index in [0.29, 0.717) is 126 Å². The number of anilines is 3. The lowest BCUT2D eigenvalue weighted by Gasteiger charge is -2.15. The number of phenolic OH excluding ortho intramolecular Hbond substituents is 3. The van der Waals surface area contributed by atoms with Crippen LogP contribution >= 0.6 is 23.2 Å². The molecule has 5 heterocycles. The van der Waals surface area contributed by atoms with E-state index in [-0.39, 0.29) is 77.2 Å². The highest BCUT2D eigenvalue weighted by Crippen LogP contribution is 2.36. The smallest absolute Gasteiger partial charge is 0.342 e. The van der Waals surface area contributed by atoms with Crippen molar-refractivity contribution in [3.63, 3.8) is 0 Å². The molecule has 0 unspecified atom stereocenters. The molecule has 8 N–H and O–H groups in total. The predicted molar refractivity (Wildman–Crippen MR) is 489 cm³/mol. The molecule has 15 rings (SSSR count). The van der Waals surface area contributed by atoms with Crippen LogP contribution in [0.5, 0.6) is 51.7 Å². The van der Waals surface area contributed by atoms with Gasteiger partial charge in [0.15, 0.2) is 34.5 Å². The first-order valence-electron chi connectivity index (χ1n) is 40.5. The molecule has 5 aliphatic heterocycles. The van der Waals surface area contributed by atoms with E-state index in [1.165, 1.54) is 59.1 Å². The second-order valence-corrected chi connectivity index (χ2v) is 30.4. The van der Waals surface area contributed by atoms with Gasteiger partial charge in [0.1, 0.15) is 23.1 Å². The summed E-state index contributed by atoms with van der Waals surface area (Å²) in [5.74, 6) is 3.12. The van der Waals surface area contributed by atoms with E-state index in [4.69, 9.17) is 57.4 Å². The maximum atomic E-state index is 13.4. The number of hydrogen-bond acceptors (Lipinski definition) is 21. The molecule has 0 aliphatic carbocycles. The molecule has 32 heteroatoms. The largest absolute Gasteiger partial charge is 0.508 e. The number of amides is 8. The summed E-state index contributed by atoms with van der Waals surface area (Å²) >= 11 is 11.9. The van der Waals surface area contributed by atoms with Gasteiger partial charge in [-0.1, -0.05) is 77.3 Å². The number of nitrogen functional groups attached to an aromatic ring is 1. The minimum Gasteiger partial charge on any atom is -0.508 e. The Kier molecular flexibility index (Phi) is 32.4. The number of phenols is 3. The maximum absolute atomic E-state index is 13.4. The number of hydrazone groups is 5. The summed E-state index contributed by atoms with van der Waals surface area (Å²) in [5.41, 5.74) is 23.2. The summed E-state index contributed by atoms with van der Waals surface area (Å²) in [5, 5.41) is 65.9. The number of urea groups is 2. The van der Waals surface area contributed by atoms with Gasteiger partial charge in [-0.15, -0.1) is 0 Å². The predicted octanol–water partition coefficient (Wildman–Crippen LogP) is 15.7. The van der Waals surface area contributed by atoms with E-state index >= 15 is 0 Å². The highest BCUT2D eigenvalue weighted by molar-refractivity contribution is 6.32. The van der Waals surface area contributed by atoms with Gasteiger partial charge in [0.05, 0.1) is 135 Å². The Labute approximate surface area is 745 Å². The van der Waals surface area contributed by atoms with Crippen LogP contribution in [0.1, 0.15) is 98.9 Å². The van der Waals surface area contributed by atoms with E-state index in [0.717, 1.165) is 91.5 Å². The molecule has 0 saturated carbocycles. The lowest BCUT2D eigenvalue weighted by atomic mass is 9.97. The molecule has 0 aromatic heterocycles. The Morgan fingerprint density at radius 3 is 1.16 bits per heavy atom. The van der Waals surface area contributed by atoms with Crippen LogP contribution in [0.4, 0.5) is 31.0 Å². The SMILES string of the molecule is CNC(=O)Nc1ccc(C2=NN(C(=O)Cc3cc(OC)c(OC)cc3Cl)CC2)cc1.COc1ccc(CC(=O)N2CCC(c3ccc(N)cc3)=N2)cc1OC.COc1ccc(NC(=O)N2CCC(c3ccc(O)cc3)=N2)cc1OC.Cc1cc(C)c(CC(=O)N2CCC(c3ccc(O)cc3)=N2)c(C)c1.O=C(Cc1ccc(Cl)c(F)c1)N1CCC(c2ccc(O)cc2)=N1. The minimum atomic E-state index is -0.535. The number of methoxy groups -OCH3 is 6. The topological polar surface area (TPSA) is 359 Å². The van der Waals surface area contributed by atoms with Crippen molar-refractivity contribution in [3.8, 4) is 51.7 Å². The number of benzene rings is 10. The fourth-order valence-electron chi connectivity index (χ4n) is 14.0. The quantitative estimate of drug-likeness (QED) is 0.0329. The van der Waals surface area contributed by atoms with Gasteiger partial charge in [-0.05, 0) is 221 Å². The number of carbonyl (C=O) groups is 6. The number of aryl methyl sites for hydroxylation is 3. The van der Waals surface area contributed by atoms with Crippen LogP contribution in [0.25, 0.3) is 0 Å². The number of rotatable bonds is 21. The van der Waals surface area contributed by atoms with E-state index in [2.05, 4.69) is 74.4 Å². The van der Waals surface area contributed by atoms with Gasteiger partial charge in [0.25, 0.3) is 0 Å². The summed E-state index contributed by atoms with van der Waals surface area (Å²) in [7, 11) is 10.9. The molecule has 5 aliphatic rings.